The minimum absolute atomic E-state index is 0.0828. The number of hydrogen-bond acceptors (Lipinski definition) is 5. The van der Waals surface area contributed by atoms with Gasteiger partial charge in [0, 0.05) is 25.6 Å². The Labute approximate surface area is 144 Å². The van der Waals surface area contributed by atoms with E-state index >= 15 is 0 Å². The summed E-state index contributed by atoms with van der Waals surface area (Å²) in [6, 6.07) is 2.06. The minimum atomic E-state index is -0.182. The molecule has 1 aliphatic carbocycles. The number of ether oxygens (including phenoxy) is 1. The maximum atomic E-state index is 13.0. The predicted octanol–water partition coefficient (Wildman–Crippen LogP) is 1.72. The molecule has 2 aromatic heterocycles. The van der Waals surface area contributed by atoms with E-state index in [1.54, 1.807) is 15.4 Å². The first-order valence-electron chi connectivity index (χ1n) is 8.22. The van der Waals surface area contributed by atoms with E-state index in [9.17, 15) is 4.79 Å². The Morgan fingerprint density at radius 3 is 2.88 bits per heavy atom. The molecule has 1 saturated heterocycles. The molecule has 24 heavy (non-hydrogen) atoms. The van der Waals surface area contributed by atoms with Gasteiger partial charge in [-0.25, -0.2) is 4.98 Å². The zero-order chi connectivity index (χ0) is 16.8. The van der Waals surface area contributed by atoms with Crippen LogP contribution in [0.2, 0.25) is 5.15 Å². The van der Waals surface area contributed by atoms with Crippen LogP contribution in [0.4, 0.5) is 5.82 Å². The number of hydrogen-bond donors (Lipinski definition) is 0. The van der Waals surface area contributed by atoms with Crippen molar-refractivity contribution in [2.45, 2.75) is 31.7 Å². The quantitative estimate of drug-likeness (QED) is 0.844. The highest BCUT2D eigenvalue weighted by atomic mass is 35.5. The van der Waals surface area contributed by atoms with E-state index in [0.29, 0.717) is 37.3 Å². The van der Waals surface area contributed by atoms with Gasteiger partial charge >= 0.3 is 0 Å². The maximum absolute atomic E-state index is 13.0. The first-order valence-corrected chi connectivity index (χ1v) is 8.60. The smallest absolute Gasteiger partial charge is 0.299 e. The number of halogens is 1. The zero-order valence-electron chi connectivity index (χ0n) is 13.8. The second kappa shape index (κ2) is 5.89. The summed E-state index contributed by atoms with van der Waals surface area (Å²) < 4.78 is 8.73. The van der Waals surface area contributed by atoms with E-state index in [2.05, 4.69) is 10.1 Å². The van der Waals surface area contributed by atoms with E-state index in [4.69, 9.17) is 16.3 Å². The summed E-state index contributed by atoms with van der Waals surface area (Å²) in [5, 5.41) is 4.83. The molecule has 0 radical (unpaired) electrons. The van der Waals surface area contributed by atoms with Gasteiger partial charge in [-0.3, -0.25) is 14.0 Å². The molecular formula is C16H20ClN5O2. The first kappa shape index (κ1) is 15.7. The topological polar surface area (TPSA) is 65.2 Å². The third-order valence-corrected chi connectivity index (χ3v) is 4.80. The van der Waals surface area contributed by atoms with Crippen LogP contribution >= 0.6 is 11.6 Å². The molecule has 128 valence electrons. The molecule has 0 unspecified atom stereocenters. The van der Waals surface area contributed by atoms with Crippen LogP contribution in [0.5, 0.6) is 0 Å². The lowest BCUT2D eigenvalue weighted by atomic mass is 10.2. The Kier molecular flexibility index (Phi) is 3.85. The summed E-state index contributed by atoms with van der Waals surface area (Å²) in [4.78, 5) is 19.3. The summed E-state index contributed by atoms with van der Waals surface area (Å²) in [6.07, 6.45) is 3.89. The molecule has 1 saturated carbocycles. The average molecular weight is 350 g/mol. The predicted molar refractivity (Wildman–Crippen MR) is 91.2 cm³/mol. The van der Waals surface area contributed by atoms with Gasteiger partial charge in [-0.05, 0) is 19.8 Å². The number of anilines is 1. The number of nitrogens with zero attached hydrogens (tertiary/aromatic N) is 5. The fourth-order valence-electron chi connectivity index (χ4n) is 3.13. The average Bonchev–Trinajstić information content (AvgIpc) is 3.33. The number of rotatable bonds is 3. The standard InChI is InChI=1S/C16H20ClN5O2/c1-10-9-24-6-5-21(10)15-16(23)22(8-13(17)18-15)14-7-12(11-3-4-11)19-20(14)2/h7-8,10-11H,3-6,9H2,1-2H3/t10-/m1/s1. The molecule has 1 atom stereocenters. The van der Waals surface area contributed by atoms with Crippen molar-refractivity contribution in [2.24, 2.45) is 7.05 Å². The molecule has 0 aromatic carbocycles. The van der Waals surface area contributed by atoms with Crippen LogP contribution < -0.4 is 10.5 Å². The van der Waals surface area contributed by atoms with Crippen molar-refractivity contribution >= 4 is 17.4 Å². The summed E-state index contributed by atoms with van der Waals surface area (Å²) in [5.41, 5.74) is 0.854. The largest absolute Gasteiger partial charge is 0.377 e. The van der Waals surface area contributed by atoms with E-state index in [0.717, 1.165) is 5.69 Å². The van der Waals surface area contributed by atoms with Crippen LogP contribution in [0.1, 0.15) is 31.4 Å². The molecule has 1 aliphatic heterocycles. The summed E-state index contributed by atoms with van der Waals surface area (Å²) in [6.45, 7) is 3.80. The van der Waals surface area contributed by atoms with Gasteiger partial charge < -0.3 is 9.64 Å². The lowest BCUT2D eigenvalue weighted by molar-refractivity contribution is 0.0983. The maximum Gasteiger partial charge on any atom is 0.299 e. The van der Waals surface area contributed by atoms with Crippen molar-refractivity contribution in [3.63, 3.8) is 0 Å². The van der Waals surface area contributed by atoms with Gasteiger partial charge in [-0.1, -0.05) is 11.6 Å². The first-order chi connectivity index (χ1) is 11.5. The van der Waals surface area contributed by atoms with Gasteiger partial charge in [-0.15, -0.1) is 0 Å². The highest BCUT2D eigenvalue weighted by molar-refractivity contribution is 6.29. The number of aromatic nitrogens is 4. The van der Waals surface area contributed by atoms with Crippen LogP contribution in [-0.2, 0) is 11.8 Å². The Morgan fingerprint density at radius 2 is 2.17 bits per heavy atom. The normalized spacial score (nSPS) is 21.3. The van der Waals surface area contributed by atoms with Crippen LogP contribution in [0, 0.1) is 0 Å². The van der Waals surface area contributed by atoms with E-state index in [1.807, 2.05) is 24.9 Å². The Balaban J connectivity index is 1.80. The molecule has 2 fully saturated rings. The van der Waals surface area contributed by atoms with Crippen LogP contribution in [0.25, 0.3) is 5.82 Å². The lowest BCUT2D eigenvalue weighted by Crippen LogP contribution is -2.47. The van der Waals surface area contributed by atoms with Crippen molar-refractivity contribution in [3.05, 3.63) is 33.5 Å². The summed E-state index contributed by atoms with van der Waals surface area (Å²) in [7, 11) is 1.85. The van der Waals surface area contributed by atoms with Gasteiger partial charge in [0.2, 0.25) is 0 Å². The van der Waals surface area contributed by atoms with Gasteiger partial charge in [0.1, 0.15) is 11.0 Å². The summed E-state index contributed by atoms with van der Waals surface area (Å²) >= 11 is 6.21. The van der Waals surface area contributed by atoms with E-state index in [-0.39, 0.29) is 16.8 Å². The molecule has 2 aromatic rings. The Hall–Kier alpha value is -1.86. The number of morpholine rings is 1. The molecule has 0 bridgehead atoms. The van der Waals surface area contributed by atoms with Gasteiger partial charge in [-0.2, -0.15) is 5.10 Å². The van der Waals surface area contributed by atoms with Crippen molar-refractivity contribution < 1.29 is 4.74 Å². The van der Waals surface area contributed by atoms with Crippen molar-refractivity contribution in [1.29, 1.82) is 0 Å². The molecule has 0 N–H and O–H groups in total. The number of aryl methyl sites for hydroxylation is 1. The molecule has 3 heterocycles. The Bertz CT molecular complexity index is 826. The molecule has 2 aliphatic rings. The van der Waals surface area contributed by atoms with Crippen molar-refractivity contribution in [2.75, 3.05) is 24.7 Å². The third kappa shape index (κ3) is 2.71. The fraction of sp³-hybridized carbons (Fsp3) is 0.562. The molecule has 0 spiro atoms. The highest BCUT2D eigenvalue weighted by Gasteiger charge is 2.28. The SMILES string of the molecule is C[C@@H]1COCCN1c1nc(Cl)cn(-c2cc(C3CC3)nn2C)c1=O. The lowest BCUT2D eigenvalue weighted by Gasteiger charge is -2.33. The van der Waals surface area contributed by atoms with Crippen LogP contribution in [0.3, 0.4) is 0 Å². The second-order valence-corrected chi connectivity index (χ2v) is 6.89. The second-order valence-electron chi connectivity index (χ2n) is 6.51. The molecule has 8 heteroatoms. The monoisotopic (exact) mass is 349 g/mol. The molecule has 0 amide bonds. The highest BCUT2D eigenvalue weighted by Crippen LogP contribution is 2.39. The minimum Gasteiger partial charge on any atom is -0.377 e. The fourth-order valence-corrected chi connectivity index (χ4v) is 3.31. The van der Waals surface area contributed by atoms with Crippen LogP contribution in [-0.4, -0.2) is 45.1 Å². The van der Waals surface area contributed by atoms with Crippen molar-refractivity contribution in [3.8, 4) is 5.82 Å². The van der Waals surface area contributed by atoms with E-state index < -0.39 is 0 Å². The van der Waals surface area contributed by atoms with Crippen LogP contribution in [0.15, 0.2) is 17.1 Å². The van der Waals surface area contributed by atoms with Gasteiger partial charge in [0.15, 0.2) is 5.82 Å². The Morgan fingerprint density at radius 1 is 1.38 bits per heavy atom. The molecule has 7 nitrogen and oxygen atoms in total. The third-order valence-electron chi connectivity index (χ3n) is 4.61. The zero-order valence-corrected chi connectivity index (χ0v) is 14.5. The van der Waals surface area contributed by atoms with Gasteiger partial charge in [0.05, 0.1) is 31.1 Å². The van der Waals surface area contributed by atoms with E-state index in [1.165, 1.54) is 12.8 Å². The molecule has 4 rings (SSSR count). The van der Waals surface area contributed by atoms with Crippen molar-refractivity contribution in [1.82, 2.24) is 19.3 Å². The van der Waals surface area contributed by atoms with Gasteiger partial charge in [0.25, 0.3) is 5.56 Å². The molecular weight excluding hydrogens is 330 g/mol. The summed E-state index contributed by atoms with van der Waals surface area (Å²) in [5.74, 6) is 1.61.